The minimum atomic E-state index is -1.01. The van der Waals surface area contributed by atoms with Crippen LogP contribution in [0.15, 0.2) is 28.7 Å². The highest BCUT2D eigenvalue weighted by Crippen LogP contribution is 2.27. The van der Waals surface area contributed by atoms with E-state index in [1.165, 1.54) is 0 Å². The lowest BCUT2D eigenvalue weighted by Gasteiger charge is -2.17. The van der Waals surface area contributed by atoms with Gasteiger partial charge in [0, 0.05) is 18.5 Å². The number of carboxylic acids is 1. The number of furan rings is 1. The molecular formula is C15H16N2O4. The average Bonchev–Trinajstić information content (AvgIpc) is 2.68. The van der Waals surface area contributed by atoms with E-state index < -0.39 is 5.97 Å². The Kier molecular flexibility index (Phi) is 3.62. The molecule has 1 aliphatic rings. The summed E-state index contributed by atoms with van der Waals surface area (Å²) in [6.07, 6.45) is 0.842. The van der Waals surface area contributed by atoms with Gasteiger partial charge in [-0.25, -0.2) is 4.79 Å². The average molecular weight is 288 g/mol. The van der Waals surface area contributed by atoms with Crippen molar-refractivity contribution in [1.29, 1.82) is 0 Å². The minimum Gasteiger partial charge on any atom is -0.478 e. The van der Waals surface area contributed by atoms with E-state index in [0.29, 0.717) is 29.8 Å². The first-order chi connectivity index (χ1) is 10.1. The van der Waals surface area contributed by atoms with Gasteiger partial charge < -0.3 is 14.8 Å². The number of carboxylic acid groups (broad SMARTS) is 1. The largest absolute Gasteiger partial charge is 0.478 e. The Labute approximate surface area is 121 Å². The minimum absolute atomic E-state index is 0.0412. The molecule has 1 aliphatic heterocycles. The zero-order valence-electron chi connectivity index (χ0n) is 11.5. The molecule has 0 spiro atoms. The Morgan fingerprint density at radius 1 is 1.38 bits per heavy atom. The van der Waals surface area contributed by atoms with Gasteiger partial charge in [0.1, 0.15) is 16.9 Å². The van der Waals surface area contributed by atoms with Crippen molar-refractivity contribution in [3.05, 3.63) is 35.6 Å². The third-order valence-corrected chi connectivity index (χ3v) is 3.59. The zero-order chi connectivity index (χ0) is 14.8. The second-order valence-electron chi connectivity index (χ2n) is 5.12. The lowest BCUT2D eigenvalue weighted by Crippen LogP contribution is -2.32. The maximum Gasteiger partial charge on any atom is 0.339 e. The summed E-state index contributed by atoms with van der Waals surface area (Å²) in [6, 6.07) is 7.08. The molecule has 1 aromatic heterocycles. The van der Waals surface area contributed by atoms with Crippen molar-refractivity contribution >= 4 is 22.8 Å². The molecule has 2 aromatic rings. The van der Waals surface area contributed by atoms with Gasteiger partial charge in [-0.15, -0.1) is 0 Å². The number of para-hydroxylation sites is 1. The zero-order valence-corrected chi connectivity index (χ0v) is 11.5. The molecule has 0 atom stereocenters. The van der Waals surface area contributed by atoms with Crippen molar-refractivity contribution in [3.63, 3.8) is 0 Å². The first-order valence-corrected chi connectivity index (χ1v) is 6.88. The fourth-order valence-corrected chi connectivity index (χ4v) is 2.65. The number of nitrogens with one attached hydrogen (secondary N) is 1. The standard InChI is InChI=1S/C15H16N2O4/c18-13-9-17(7-3-6-16-13)8-12-14(15(19)20)10-4-1-2-5-11(10)21-12/h1-2,4-5H,3,6-9H2,(H,16,18)(H,19,20). The Morgan fingerprint density at radius 2 is 2.19 bits per heavy atom. The first kappa shape index (κ1) is 13.6. The van der Waals surface area contributed by atoms with Gasteiger partial charge in [0.05, 0.1) is 13.1 Å². The van der Waals surface area contributed by atoms with E-state index in [0.717, 1.165) is 13.0 Å². The van der Waals surface area contributed by atoms with Crippen molar-refractivity contribution in [2.24, 2.45) is 0 Å². The van der Waals surface area contributed by atoms with Crippen LogP contribution in [0.25, 0.3) is 11.0 Å². The van der Waals surface area contributed by atoms with E-state index in [4.69, 9.17) is 4.42 Å². The maximum atomic E-state index is 11.6. The lowest BCUT2D eigenvalue weighted by molar-refractivity contribution is -0.121. The lowest BCUT2D eigenvalue weighted by atomic mass is 10.1. The number of rotatable bonds is 3. The number of carbonyl (C=O) groups is 2. The SMILES string of the molecule is O=C1CN(Cc2oc3ccccc3c2C(=O)O)CCCN1. The van der Waals surface area contributed by atoms with Crippen LogP contribution in [0, 0.1) is 0 Å². The fourth-order valence-electron chi connectivity index (χ4n) is 2.65. The molecule has 0 unspecified atom stereocenters. The molecule has 6 heteroatoms. The summed E-state index contributed by atoms with van der Waals surface area (Å²) in [6.45, 7) is 1.97. The van der Waals surface area contributed by atoms with Crippen LogP contribution in [0.3, 0.4) is 0 Å². The summed E-state index contributed by atoms with van der Waals surface area (Å²) in [7, 11) is 0. The van der Waals surface area contributed by atoms with Gasteiger partial charge in [-0.3, -0.25) is 9.69 Å². The summed E-state index contributed by atoms with van der Waals surface area (Å²) in [5.41, 5.74) is 0.749. The van der Waals surface area contributed by atoms with Crippen LogP contribution < -0.4 is 5.32 Å². The summed E-state index contributed by atoms with van der Waals surface area (Å²) in [5, 5.41) is 12.8. The first-order valence-electron chi connectivity index (χ1n) is 6.88. The van der Waals surface area contributed by atoms with Crippen LogP contribution in [0.5, 0.6) is 0 Å². The third kappa shape index (κ3) is 2.75. The molecule has 3 rings (SSSR count). The van der Waals surface area contributed by atoms with E-state index in [1.54, 1.807) is 24.3 Å². The van der Waals surface area contributed by atoms with Crippen LogP contribution in [-0.2, 0) is 11.3 Å². The highest BCUT2D eigenvalue weighted by Gasteiger charge is 2.23. The molecule has 1 amide bonds. The molecular weight excluding hydrogens is 272 g/mol. The molecule has 0 radical (unpaired) electrons. The predicted octanol–water partition coefficient (Wildman–Crippen LogP) is 1.45. The monoisotopic (exact) mass is 288 g/mol. The van der Waals surface area contributed by atoms with E-state index in [1.807, 2.05) is 4.90 Å². The smallest absolute Gasteiger partial charge is 0.339 e. The van der Waals surface area contributed by atoms with E-state index in [9.17, 15) is 14.7 Å². The number of benzene rings is 1. The fraction of sp³-hybridized carbons (Fsp3) is 0.333. The number of hydrogen-bond donors (Lipinski definition) is 2. The highest BCUT2D eigenvalue weighted by molar-refractivity contribution is 6.03. The van der Waals surface area contributed by atoms with Crippen molar-refractivity contribution in [2.45, 2.75) is 13.0 Å². The molecule has 1 saturated heterocycles. The van der Waals surface area contributed by atoms with Crippen LogP contribution >= 0.6 is 0 Å². The maximum absolute atomic E-state index is 11.6. The second kappa shape index (κ2) is 5.57. The summed E-state index contributed by atoms with van der Waals surface area (Å²) < 4.78 is 5.69. The molecule has 110 valence electrons. The summed E-state index contributed by atoms with van der Waals surface area (Å²) in [5.74, 6) is -0.645. The van der Waals surface area contributed by atoms with Crippen LogP contribution in [0.1, 0.15) is 22.5 Å². The predicted molar refractivity (Wildman–Crippen MR) is 76.1 cm³/mol. The Morgan fingerprint density at radius 3 is 3.00 bits per heavy atom. The second-order valence-corrected chi connectivity index (χ2v) is 5.12. The van der Waals surface area contributed by atoms with Gasteiger partial charge >= 0.3 is 5.97 Å². The van der Waals surface area contributed by atoms with Crippen molar-refractivity contribution < 1.29 is 19.1 Å². The molecule has 0 aliphatic carbocycles. The van der Waals surface area contributed by atoms with Crippen molar-refractivity contribution in [3.8, 4) is 0 Å². The number of carbonyl (C=O) groups excluding carboxylic acids is 1. The molecule has 0 bridgehead atoms. The molecule has 21 heavy (non-hydrogen) atoms. The van der Waals surface area contributed by atoms with Crippen LogP contribution in [0.2, 0.25) is 0 Å². The quantitative estimate of drug-likeness (QED) is 0.893. The molecule has 1 aromatic carbocycles. The number of fused-ring (bicyclic) bond motifs is 1. The summed E-state index contributed by atoms with van der Waals surface area (Å²) in [4.78, 5) is 25.0. The van der Waals surface area contributed by atoms with Crippen LogP contribution in [-0.4, -0.2) is 41.5 Å². The van der Waals surface area contributed by atoms with Crippen molar-refractivity contribution in [2.75, 3.05) is 19.6 Å². The molecule has 6 nitrogen and oxygen atoms in total. The van der Waals surface area contributed by atoms with Crippen LogP contribution in [0.4, 0.5) is 0 Å². The number of amides is 1. The van der Waals surface area contributed by atoms with Gasteiger partial charge in [0.2, 0.25) is 5.91 Å². The van der Waals surface area contributed by atoms with Gasteiger partial charge in [-0.05, 0) is 12.5 Å². The molecule has 2 heterocycles. The number of hydrogen-bond acceptors (Lipinski definition) is 4. The topological polar surface area (TPSA) is 82.8 Å². The molecule has 2 N–H and O–H groups in total. The molecule has 1 fully saturated rings. The van der Waals surface area contributed by atoms with E-state index in [2.05, 4.69) is 5.32 Å². The summed E-state index contributed by atoms with van der Waals surface area (Å²) >= 11 is 0. The van der Waals surface area contributed by atoms with Gasteiger partial charge in [-0.1, -0.05) is 18.2 Å². The highest BCUT2D eigenvalue weighted by atomic mass is 16.4. The molecule has 0 saturated carbocycles. The number of nitrogens with zero attached hydrogens (tertiary/aromatic N) is 1. The Bertz CT molecular complexity index is 692. The van der Waals surface area contributed by atoms with E-state index in [-0.39, 0.29) is 18.0 Å². The Hall–Kier alpha value is -2.34. The normalized spacial score (nSPS) is 16.7. The van der Waals surface area contributed by atoms with E-state index >= 15 is 0 Å². The van der Waals surface area contributed by atoms with Gasteiger partial charge in [0.15, 0.2) is 0 Å². The number of aromatic carboxylic acids is 1. The van der Waals surface area contributed by atoms with Gasteiger partial charge in [0.25, 0.3) is 0 Å². The van der Waals surface area contributed by atoms with Crippen molar-refractivity contribution in [1.82, 2.24) is 10.2 Å². The third-order valence-electron chi connectivity index (χ3n) is 3.59. The Balaban J connectivity index is 1.94. The van der Waals surface area contributed by atoms with Gasteiger partial charge in [-0.2, -0.15) is 0 Å².